The molecule has 0 heterocycles. The van der Waals surface area contributed by atoms with Crippen molar-refractivity contribution in [3.63, 3.8) is 0 Å². The Balaban J connectivity index is 0. The molecule has 0 saturated heterocycles. The van der Waals surface area contributed by atoms with Crippen LogP contribution in [0.1, 0.15) is 0 Å². The summed E-state index contributed by atoms with van der Waals surface area (Å²) in [6, 6.07) is 0. The molecular formula is CH3ClNaO3S. The van der Waals surface area contributed by atoms with E-state index in [-0.39, 0.29) is 29.6 Å². The third-order valence-corrected chi connectivity index (χ3v) is 1.24. The molecule has 7 heavy (non-hydrogen) atoms. The van der Waals surface area contributed by atoms with E-state index in [9.17, 15) is 8.42 Å². The molecule has 0 amide bonds. The van der Waals surface area contributed by atoms with Gasteiger partial charge in [0.15, 0.2) is 0 Å². The minimum Gasteiger partial charge on any atom is -0.285 e. The molecule has 0 aromatic rings. The van der Waals surface area contributed by atoms with Gasteiger partial charge in [-0.1, -0.05) is 0 Å². The minimum atomic E-state index is -3.90. The van der Waals surface area contributed by atoms with Gasteiger partial charge in [0, 0.05) is 29.6 Å². The molecule has 0 saturated carbocycles. The van der Waals surface area contributed by atoms with Crippen molar-refractivity contribution in [3.05, 3.63) is 0 Å². The van der Waals surface area contributed by atoms with Crippen LogP contribution < -0.4 is 0 Å². The standard InChI is InChI=1S/CH3ClO3S.Na/c2-1-6(3,4)5;/h1H2,(H,3,4,5);. The second-order valence-electron chi connectivity index (χ2n) is 0.691. The largest absolute Gasteiger partial charge is 0.285 e. The summed E-state index contributed by atoms with van der Waals surface area (Å²) in [5.74, 6) is 0. The Hall–Kier alpha value is 1.20. The van der Waals surface area contributed by atoms with Gasteiger partial charge in [-0.3, -0.25) is 4.55 Å². The fourth-order valence-corrected chi connectivity index (χ4v) is 0. The van der Waals surface area contributed by atoms with E-state index in [1.807, 2.05) is 0 Å². The number of rotatable bonds is 1. The van der Waals surface area contributed by atoms with Crippen molar-refractivity contribution in [2.24, 2.45) is 0 Å². The van der Waals surface area contributed by atoms with Crippen molar-refractivity contribution in [1.29, 1.82) is 0 Å². The van der Waals surface area contributed by atoms with E-state index in [0.717, 1.165) is 0 Å². The maximum Gasteiger partial charge on any atom is 0.279 e. The minimum absolute atomic E-state index is 0. The first kappa shape index (κ1) is 11.1. The third kappa shape index (κ3) is 11.0. The molecule has 0 atom stereocenters. The van der Waals surface area contributed by atoms with Crippen molar-refractivity contribution in [1.82, 2.24) is 0 Å². The summed E-state index contributed by atoms with van der Waals surface area (Å²) in [4.78, 5) is 0. The van der Waals surface area contributed by atoms with Crippen LogP contribution in [0, 0.1) is 0 Å². The first-order valence-electron chi connectivity index (χ1n) is 1.07. The monoisotopic (exact) mass is 153 g/mol. The van der Waals surface area contributed by atoms with Crippen molar-refractivity contribution in [2.45, 2.75) is 0 Å². The van der Waals surface area contributed by atoms with Crippen LogP contribution in [0.15, 0.2) is 0 Å². The summed E-state index contributed by atoms with van der Waals surface area (Å²) in [5.41, 5.74) is 0. The molecular weight excluding hydrogens is 151 g/mol. The van der Waals surface area contributed by atoms with Gasteiger partial charge in [0.1, 0.15) is 5.21 Å². The fourth-order valence-electron chi connectivity index (χ4n) is 0. The number of halogens is 1. The van der Waals surface area contributed by atoms with Crippen LogP contribution in [-0.2, 0) is 10.1 Å². The van der Waals surface area contributed by atoms with Gasteiger partial charge < -0.3 is 0 Å². The molecule has 6 heteroatoms. The van der Waals surface area contributed by atoms with Crippen LogP contribution >= 0.6 is 11.6 Å². The third-order valence-electron chi connectivity index (χ3n) is 0.138. The number of hydrogen-bond donors (Lipinski definition) is 1. The molecule has 0 rings (SSSR count). The van der Waals surface area contributed by atoms with E-state index in [0.29, 0.717) is 0 Å². The molecule has 1 N–H and O–H groups in total. The van der Waals surface area contributed by atoms with Crippen LogP contribution in [-0.4, -0.2) is 47.7 Å². The van der Waals surface area contributed by atoms with Crippen molar-refractivity contribution in [3.8, 4) is 0 Å². The molecule has 0 bridgehead atoms. The summed E-state index contributed by atoms with van der Waals surface area (Å²) >= 11 is 4.64. The van der Waals surface area contributed by atoms with E-state index in [1.54, 1.807) is 0 Å². The van der Waals surface area contributed by atoms with Crippen molar-refractivity contribution in [2.75, 3.05) is 5.21 Å². The summed E-state index contributed by atoms with van der Waals surface area (Å²) < 4.78 is 26.5. The van der Waals surface area contributed by atoms with Gasteiger partial charge in [-0.25, -0.2) is 0 Å². The van der Waals surface area contributed by atoms with E-state index >= 15 is 0 Å². The molecule has 39 valence electrons. The SMILES string of the molecule is O=S(=O)(O)CCl.[Na]. The topological polar surface area (TPSA) is 54.4 Å². The molecule has 0 aliphatic heterocycles. The molecule has 0 spiro atoms. The number of hydrogen-bond acceptors (Lipinski definition) is 2. The molecule has 0 fully saturated rings. The molecule has 1 radical (unpaired) electrons. The number of alkyl halides is 1. The average molecular weight is 154 g/mol. The first-order valence-corrected chi connectivity index (χ1v) is 3.22. The predicted octanol–water partition coefficient (Wildman–Crippen LogP) is -0.310. The van der Waals surface area contributed by atoms with Crippen LogP contribution in [0.5, 0.6) is 0 Å². The second-order valence-corrected chi connectivity index (χ2v) is 2.73. The quantitative estimate of drug-likeness (QED) is 0.319. The summed E-state index contributed by atoms with van der Waals surface area (Å²) in [5, 5.41) is -0.729. The van der Waals surface area contributed by atoms with Gasteiger partial charge in [-0.2, -0.15) is 8.42 Å². The first-order chi connectivity index (χ1) is 2.56. The van der Waals surface area contributed by atoms with Gasteiger partial charge in [-0.05, 0) is 0 Å². The van der Waals surface area contributed by atoms with Crippen LogP contribution in [0.4, 0.5) is 0 Å². The predicted molar refractivity (Wildman–Crippen MR) is 28.0 cm³/mol. The van der Waals surface area contributed by atoms with E-state index in [4.69, 9.17) is 4.55 Å². The van der Waals surface area contributed by atoms with Gasteiger partial charge in [-0.15, -0.1) is 11.6 Å². The maximum absolute atomic E-state index is 9.42. The Morgan fingerprint density at radius 2 is 1.71 bits per heavy atom. The van der Waals surface area contributed by atoms with Gasteiger partial charge >= 0.3 is 0 Å². The zero-order valence-electron chi connectivity index (χ0n) is 3.76. The summed E-state index contributed by atoms with van der Waals surface area (Å²) in [6.45, 7) is 0. The summed E-state index contributed by atoms with van der Waals surface area (Å²) in [6.07, 6.45) is 0. The Labute approximate surface area is 69.1 Å². The second kappa shape index (κ2) is 4.12. The van der Waals surface area contributed by atoms with Gasteiger partial charge in [0.2, 0.25) is 0 Å². The smallest absolute Gasteiger partial charge is 0.279 e. The van der Waals surface area contributed by atoms with Crippen LogP contribution in [0.3, 0.4) is 0 Å². The normalized spacial score (nSPS) is 10.0. The molecule has 0 aliphatic carbocycles. The van der Waals surface area contributed by atoms with Gasteiger partial charge in [0.25, 0.3) is 10.1 Å². The Bertz CT molecular complexity index is 117. The van der Waals surface area contributed by atoms with Gasteiger partial charge in [0.05, 0.1) is 0 Å². The van der Waals surface area contributed by atoms with Crippen molar-refractivity contribution >= 4 is 51.3 Å². The van der Waals surface area contributed by atoms with Crippen LogP contribution in [0.25, 0.3) is 0 Å². The zero-order valence-corrected chi connectivity index (χ0v) is 7.33. The molecule has 3 nitrogen and oxygen atoms in total. The molecule has 0 aromatic heterocycles. The zero-order chi connectivity index (χ0) is 5.21. The fraction of sp³-hybridized carbons (Fsp3) is 1.00. The van der Waals surface area contributed by atoms with E-state index in [2.05, 4.69) is 11.6 Å². The molecule has 0 unspecified atom stereocenters. The molecule has 0 aromatic carbocycles. The molecule has 0 aliphatic rings. The Morgan fingerprint density at radius 1 is 1.57 bits per heavy atom. The Kier molecular flexibility index (Phi) is 6.50. The average Bonchev–Trinajstić information content (AvgIpc) is 1.35. The maximum atomic E-state index is 9.42. The van der Waals surface area contributed by atoms with Crippen LogP contribution in [0.2, 0.25) is 0 Å². The Morgan fingerprint density at radius 3 is 1.71 bits per heavy atom. The van der Waals surface area contributed by atoms with E-state index < -0.39 is 15.3 Å². The summed E-state index contributed by atoms with van der Waals surface area (Å²) in [7, 11) is -3.90. The van der Waals surface area contributed by atoms with Crippen molar-refractivity contribution < 1.29 is 13.0 Å². The van der Waals surface area contributed by atoms with E-state index in [1.165, 1.54) is 0 Å².